The SMILES string of the molecule is Fc1cnc2c(N[C@H]3CCCc4ccccc43)ncnc2c1. The van der Waals surface area contributed by atoms with E-state index in [0.717, 1.165) is 19.3 Å². The van der Waals surface area contributed by atoms with E-state index in [0.29, 0.717) is 16.9 Å². The van der Waals surface area contributed by atoms with Crippen molar-refractivity contribution in [1.82, 2.24) is 15.0 Å². The summed E-state index contributed by atoms with van der Waals surface area (Å²) in [4.78, 5) is 12.5. The maximum Gasteiger partial charge on any atom is 0.156 e. The molecule has 22 heavy (non-hydrogen) atoms. The van der Waals surface area contributed by atoms with Crippen LogP contribution in [0, 0.1) is 5.82 Å². The number of pyridine rings is 1. The van der Waals surface area contributed by atoms with Crippen molar-refractivity contribution < 1.29 is 4.39 Å². The summed E-state index contributed by atoms with van der Waals surface area (Å²) >= 11 is 0. The van der Waals surface area contributed by atoms with Gasteiger partial charge in [0.25, 0.3) is 0 Å². The monoisotopic (exact) mass is 294 g/mol. The zero-order valence-electron chi connectivity index (χ0n) is 12.0. The van der Waals surface area contributed by atoms with E-state index < -0.39 is 0 Å². The topological polar surface area (TPSA) is 50.7 Å². The summed E-state index contributed by atoms with van der Waals surface area (Å²) in [5, 5.41) is 3.46. The molecular formula is C17H15FN4. The molecule has 0 fully saturated rings. The van der Waals surface area contributed by atoms with Crippen molar-refractivity contribution in [2.75, 3.05) is 5.32 Å². The maximum atomic E-state index is 13.3. The van der Waals surface area contributed by atoms with Gasteiger partial charge < -0.3 is 5.32 Å². The summed E-state index contributed by atoms with van der Waals surface area (Å²) in [5.41, 5.74) is 3.81. The average Bonchev–Trinajstić information content (AvgIpc) is 2.55. The average molecular weight is 294 g/mol. The second-order valence-corrected chi connectivity index (χ2v) is 5.53. The molecule has 0 radical (unpaired) electrons. The van der Waals surface area contributed by atoms with Crippen LogP contribution in [-0.2, 0) is 6.42 Å². The van der Waals surface area contributed by atoms with Crippen LogP contribution in [0.25, 0.3) is 11.0 Å². The Bertz CT molecular complexity index is 834. The molecule has 0 amide bonds. The van der Waals surface area contributed by atoms with Crippen molar-refractivity contribution in [3.8, 4) is 0 Å². The van der Waals surface area contributed by atoms with Gasteiger partial charge in [-0.15, -0.1) is 0 Å². The van der Waals surface area contributed by atoms with Crippen LogP contribution in [0.5, 0.6) is 0 Å². The van der Waals surface area contributed by atoms with Crippen LogP contribution in [0.15, 0.2) is 42.9 Å². The first-order valence-corrected chi connectivity index (χ1v) is 7.42. The summed E-state index contributed by atoms with van der Waals surface area (Å²) in [6, 6.07) is 10.0. The summed E-state index contributed by atoms with van der Waals surface area (Å²) in [6.07, 6.45) is 5.94. The second-order valence-electron chi connectivity index (χ2n) is 5.53. The van der Waals surface area contributed by atoms with Gasteiger partial charge in [-0.05, 0) is 30.4 Å². The smallest absolute Gasteiger partial charge is 0.156 e. The molecule has 0 aliphatic heterocycles. The van der Waals surface area contributed by atoms with Crippen LogP contribution in [0.4, 0.5) is 10.2 Å². The quantitative estimate of drug-likeness (QED) is 0.783. The first-order valence-electron chi connectivity index (χ1n) is 7.42. The molecule has 2 heterocycles. The Kier molecular flexibility index (Phi) is 3.18. The van der Waals surface area contributed by atoms with E-state index in [1.807, 2.05) is 0 Å². The number of hydrogen-bond acceptors (Lipinski definition) is 4. The van der Waals surface area contributed by atoms with Gasteiger partial charge in [0.15, 0.2) is 5.82 Å². The molecule has 0 saturated heterocycles. The number of aromatic nitrogens is 3. The fourth-order valence-corrected chi connectivity index (χ4v) is 3.09. The Balaban J connectivity index is 1.73. The van der Waals surface area contributed by atoms with E-state index in [1.165, 1.54) is 29.7 Å². The van der Waals surface area contributed by atoms with Crippen LogP contribution >= 0.6 is 0 Å². The van der Waals surface area contributed by atoms with E-state index in [9.17, 15) is 4.39 Å². The standard InChI is InChI=1S/C17H15FN4/c18-12-8-15-16(19-9-12)17(21-10-20-15)22-14-7-3-5-11-4-1-2-6-13(11)14/h1-2,4,6,8-10,14H,3,5,7H2,(H,20,21,22)/t14-/m0/s1. The van der Waals surface area contributed by atoms with E-state index in [-0.39, 0.29) is 11.9 Å². The van der Waals surface area contributed by atoms with E-state index >= 15 is 0 Å². The Morgan fingerprint density at radius 2 is 2.05 bits per heavy atom. The second kappa shape index (κ2) is 5.33. The van der Waals surface area contributed by atoms with Crippen molar-refractivity contribution in [3.05, 3.63) is 59.8 Å². The third-order valence-electron chi connectivity index (χ3n) is 4.12. The highest BCUT2D eigenvalue weighted by Gasteiger charge is 2.21. The molecule has 1 aliphatic rings. The normalized spacial score (nSPS) is 17.2. The van der Waals surface area contributed by atoms with E-state index in [4.69, 9.17) is 0 Å². The van der Waals surface area contributed by atoms with Crippen molar-refractivity contribution in [2.24, 2.45) is 0 Å². The minimum atomic E-state index is -0.389. The first kappa shape index (κ1) is 13.1. The summed E-state index contributed by atoms with van der Waals surface area (Å²) in [6.45, 7) is 0. The molecule has 110 valence electrons. The van der Waals surface area contributed by atoms with Crippen LogP contribution in [-0.4, -0.2) is 15.0 Å². The van der Waals surface area contributed by atoms with Crippen molar-refractivity contribution in [2.45, 2.75) is 25.3 Å². The van der Waals surface area contributed by atoms with Gasteiger partial charge in [-0.3, -0.25) is 0 Å². The number of halogens is 1. The highest BCUT2D eigenvalue weighted by molar-refractivity contribution is 5.84. The molecule has 5 heteroatoms. The molecule has 3 aromatic rings. The van der Waals surface area contributed by atoms with Crippen LogP contribution in [0.3, 0.4) is 0 Å². The fourth-order valence-electron chi connectivity index (χ4n) is 3.09. The van der Waals surface area contributed by atoms with Crippen LogP contribution < -0.4 is 5.32 Å². The van der Waals surface area contributed by atoms with Gasteiger partial charge in [0.2, 0.25) is 0 Å². The number of rotatable bonds is 2. The van der Waals surface area contributed by atoms with Gasteiger partial charge in [-0.25, -0.2) is 19.3 Å². The zero-order chi connectivity index (χ0) is 14.9. The predicted octanol–water partition coefficient (Wildman–Crippen LogP) is 3.65. The predicted molar refractivity (Wildman–Crippen MR) is 83.0 cm³/mol. The molecule has 1 N–H and O–H groups in total. The lowest BCUT2D eigenvalue weighted by Crippen LogP contribution is -2.18. The molecule has 0 unspecified atom stereocenters. The van der Waals surface area contributed by atoms with Gasteiger partial charge in [0.05, 0.1) is 17.8 Å². The summed E-state index contributed by atoms with van der Waals surface area (Å²) in [5.74, 6) is 0.270. The number of benzene rings is 1. The summed E-state index contributed by atoms with van der Waals surface area (Å²) in [7, 11) is 0. The van der Waals surface area contributed by atoms with E-state index in [1.54, 1.807) is 0 Å². The zero-order valence-corrected chi connectivity index (χ0v) is 12.0. The van der Waals surface area contributed by atoms with Crippen molar-refractivity contribution in [1.29, 1.82) is 0 Å². The molecule has 0 spiro atoms. The number of nitrogens with one attached hydrogen (secondary N) is 1. The largest absolute Gasteiger partial charge is 0.361 e. The highest BCUT2D eigenvalue weighted by atomic mass is 19.1. The lowest BCUT2D eigenvalue weighted by Gasteiger charge is -2.26. The Morgan fingerprint density at radius 1 is 1.14 bits per heavy atom. The Hall–Kier alpha value is -2.56. The minimum Gasteiger partial charge on any atom is -0.361 e. The minimum absolute atomic E-state index is 0.204. The third kappa shape index (κ3) is 2.28. The van der Waals surface area contributed by atoms with Gasteiger partial charge in [0, 0.05) is 6.07 Å². The molecule has 1 aliphatic carbocycles. The lowest BCUT2D eigenvalue weighted by molar-refractivity contribution is 0.599. The van der Waals surface area contributed by atoms with Gasteiger partial charge in [-0.2, -0.15) is 0 Å². The molecule has 1 aromatic carbocycles. The fraction of sp³-hybridized carbons (Fsp3) is 0.235. The maximum absolute atomic E-state index is 13.3. The van der Waals surface area contributed by atoms with Crippen LogP contribution in [0.2, 0.25) is 0 Å². The van der Waals surface area contributed by atoms with Crippen molar-refractivity contribution in [3.63, 3.8) is 0 Å². The molecule has 4 rings (SSSR count). The highest BCUT2D eigenvalue weighted by Crippen LogP contribution is 2.33. The number of aryl methyl sites for hydroxylation is 1. The lowest BCUT2D eigenvalue weighted by atomic mass is 9.88. The first-order chi connectivity index (χ1) is 10.8. The summed E-state index contributed by atoms with van der Waals surface area (Å²) < 4.78 is 13.3. The molecular weight excluding hydrogens is 279 g/mol. The van der Waals surface area contributed by atoms with Crippen LogP contribution in [0.1, 0.15) is 30.0 Å². The van der Waals surface area contributed by atoms with Crippen molar-refractivity contribution >= 4 is 16.9 Å². The molecule has 0 saturated carbocycles. The molecule has 2 aromatic heterocycles. The van der Waals surface area contributed by atoms with Gasteiger partial charge >= 0.3 is 0 Å². The molecule has 4 nitrogen and oxygen atoms in total. The number of fused-ring (bicyclic) bond motifs is 2. The third-order valence-corrected chi connectivity index (χ3v) is 4.12. The van der Waals surface area contributed by atoms with Gasteiger partial charge in [-0.1, -0.05) is 24.3 Å². The Labute approximate surface area is 127 Å². The number of nitrogens with zero attached hydrogens (tertiary/aromatic N) is 3. The molecule has 1 atom stereocenters. The number of hydrogen-bond donors (Lipinski definition) is 1. The van der Waals surface area contributed by atoms with Gasteiger partial charge in [0.1, 0.15) is 17.7 Å². The van der Waals surface area contributed by atoms with E-state index in [2.05, 4.69) is 44.5 Å². The number of anilines is 1. The molecule has 0 bridgehead atoms. The Morgan fingerprint density at radius 3 is 3.00 bits per heavy atom.